The van der Waals surface area contributed by atoms with Crippen LogP contribution in [0.1, 0.15) is 93.5 Å². The Bertz CT molecular complexity index is 3290. The summed E-state index contributed by atoms with van der Waals surface area (Å²) in [5, 5.41) is 2.45. The van der Waals surface area contributed by atoms with Gasteiger partial charge in [-0.25, -0.2) is 0 Å². The van der Waals surface area contributed by atoms with Crippen LogP contribution in [-0.4, -0.2) is 0 Å². The van der Waals surface area contributed by atoms with E-state index in [-0.39, 0.29) is 10.8 Å². The summed E-state index contributed by atoms with van der Waals surface area (Å²) >= 11 is 0. The van der Waals surface area contributed by atoms with Gasteiger partial charge in [0, 0.05) is 27.6 Å². The van der Waals surface area contributed by atoms with Gasteiger partial charge in [0.05, 0.1) is 11.4 Å². The maximum absolute atomic E-state index is 2.57. The van der Waals surface area contributed by atoms with E-state index < -0.39 is 0 Å². The van der Waals surface area contributed by atoms with Gasteiger partial charge in [-0.3, -0.25) is 0 Å². The van der Waals surface area contributed by atoms with Gasteiger partial charge in [0.2, 0.25) is 0 Å². The lowest BCUT2D eigenvalue weighted by Gasteiger charge is -2.32. The van der Waals surface area contributed by atoms with Crippen molar-refractivity contribution in [1.29, 1.82) is 0 Å². The van der Waals surface area contributed by atoms with Crippen molar-refractivity contribution in [3.63, 3.8) is 0 Å². The standard InChI is InChI=1S/C64H55N/c1-63(2)58-26-16-14-24-52(58)56-41-50(33-35-59(56)63)65(61-36-32-48(38-54(61)45-19-9-6-10-20-45)44-29-27-43(28-30-44)42-17-7-5-8-18-42)62-40-47-22-12-11-21-46(47)37-55(62)49-31-34-53-51-23-13-15-25-57(51)64(3,4)60(53)39-49/h6,9-16,19-42H,5,7-8,17-18H2,1-4H3. The summed E-state index contributed by atoms with van der Waals surface area (Å²) < 4.78 is 0. The molecule has 12 rings (SSSR count). The summed E-state index contributed by atoms with van der Waals surface area (Å²) in [5.41, 5.74) is 22.9. The molecule has 65 heavy (non-hydrogen) atoms. The minimum atomic E-state index is -0.121. The maximum atomic E-state index is 2.57. The molecule has 0 heterocycles. The lowest BCUT2D eigenvalue weighted by Crippen LogP contribution is -2.16. The van der Waals surface area contributed by atoms with Gasteiger partial charge in [-0.1, -0.05) is 199 Å². The summed E-state index contributed by atoms with van der Waals surface area (Å²) in [6.45, 7) is 9.52. The fraction of sp³-hybridized carbons (Fsp3) is 0.188. The van der Waals surface area contributed by atoms with Crippen molar-refractivity contribution in [1.82, 2.24) is 0 Å². The largest absolute Gasteiger partial charge is 0.309 e. The van der Waals surface area contributed by atoms with Crippen molar-refractivity contribution >= 4 is 27.8 Å². The van der Waals surface area contributed by atoms with Crippen LogP contribution in [0.15, 0.2) is 194 Å². The zero-order chi connectivity index (χ0) is 43.9. The van der Waals surface area contributed by atoms with Crippen LogP contribution in [-0.2, 0) is 10.8 Å². The van der Waals surface area contributed by atoms with Gasteiger partial charge in [0.25, 0.3) is 0 Å². The Hall–Kier alpha value is -6.96. The fourth-order valence-corrected chi connectivity index (χ4v) is 11.9. The van der Waals surface area contributed by atoms with Crippen LogP contribution in [0.25, 0.3) is 66.4 Å². The van der Waals surface area contributed by atoms with Gasteiger partial charge in [-0.05, 0) is 144 Å². The molecule has 0 saturated heterocycles. The molecule has 3 aliphatic rings. The molecule has 0 aliphatic heterocycles. The van der Waals surface area contributed by atoms with E-state index in [9.17, 15) is 0 Å². The summed E-state index contributed by atoms with van der Waals surface area (Å²) in [4.78, 5) is 2.57. The second kappa shape index (κ2) is 15.3. The summed E-state index contributed by atoms with van der Waals surface area (Å²) in [7, 11) is 0. The quantitative estimate of drug-likeness (QED) is 0.155. The Morgan fingerprint density at radius 1 is 0.354 bits per heavy atom. The lowest BCUT2D eigenvalue weighted by molar-refractivity contribution is 0.443. The second-order valence-electron chi connectivity index (χ2n) is 19.9. The first-order chi connectivity index (χ1) is 31.7. The van der Waals surface area contributed by atoms with E-state index in [1.54, 1.807) is 0 Å². The SMILES string of the molecule is CC1(C)c2ccccc2-c2cc(N(c3ccc(-c4ccc(C5CCCCC5)cc4)cc3-c3ccccc3)c3cc4ccccc4cc3-c3ccc4c(c3)C(C)(C)c3ccccc3-4)ccc21. The van der Waals surface area contributed by atoms with Gasteiger partial charge in [0.15, 0.2) is 0 Å². The minimum absolute atomic E-state index is 0.0957. The monoisotopic (exact) mass is 837 g/mol. The number of benzene rings is 9. The number of nitrogens with zero attached hydrogens (tertiary/aromatic N) is 1. The average molecular weight is 838 g/mol. The highest BCUT2D eigenvalue weighted by molar-refractivity contribution is 6.02. The number of hydrogen-bond acceptors (Lipinski definition) is 1. The van der Waals surface area contributed by atoms with Gasteiger partial charge in [0.1, 0.15) is 0 Å². The summed E-state index contributed by atoms with van der Waals surface area (Å²) in [6, 6.07) is 73.9. The molecule has 0 amide bonds. The van der Waals surface area contributed by atoms with E-state index in [4.69, 9.17) is 0 Å². The van der Waals surface area contributed by atoms with Crippen molar-refractivity contribution in [2.75, 3.05) is 4.90 Å². The van der Waals surface area contributed by atoms with Crippen LogP contribution in [0.3, 0.4) is 0 Å². The zero-order valence-corrected chi connectivity index (χ0v) is 38.0. The lowest BCUT2D eigenvalue weighted by atomic mass is 9.81. The Labute approximate surface area is 385 Å². The van der Waals surface area contributed by atoms with Crippen molar-refractivity contribution < 1.29 is 0 Å². The van der Waals surface area contributed by atoms with E-state index in [0.717, 1.165) is 17.1 Å². The molecule has 1 fully saturated rings. The smallest absolute Gasteiger partial charge is 0.0546 e. The van der Waals surface area contributed by atoms with Crippen molar-refractivity contribution in [3.8, 4) is 55.6 Å². The number of rotatable bonds is 7. The number of hydrogen-bond donors (Lipinski definition) is 0. The molecule has 0 radical (unpaired) electrons. The van der Waals surface area contributed by atoms with Crippen LogP contribution >= 0.6 is 0 Å². The topological polar surface area (TPSA) is 3.24 Å². The second-order valence-corrected chi connectivity index (χ2v) is 19.9. The molecule has 1 saturated carbocycles. The van der Waals surface area contributed by atoms with E-state index >= 15 is 0 Å². The highest BCUT2D eigenvalue weighted by atomic mass is 15.1. The van der Waals surface area contributed by atoms with Crippen LogP contribution < -0.4 is 4.90 Å². The van der Waals surface area contributed by atoms with Crippen LogP contribution in [0.2, 0.25) is 0 Å². The Morgan fingerprint density at radius 2 is 0.923 bits per heavy atom. The third kappa shape index (κ3) is 6.50. The van der Waals surface area contributed by atoms with E-state index in [1.807, 2.05) is 0 Å². The molecule has 9 aromatic carbocycles. The third-order valence-electron chi connectivity index (χ3n) is 15.5. The molecule has 0 N–H and O–H groups in total. The Morgan fingerprint density at radius 3 is 1.66 bits per heavy atom. The Kier molecular flexibility index (Phi) is 9.35. The highest BCUT2D eigenvalue weighted by Gasteiger charge is 2.37. The third-order valence-corrected chi connectivity index (χ3v) is 15.5. The van der Waals surface area contributed by atoms with E-state index in [2.05, 4.69) is 227 Å². The first-order valence-corrected chi connectivity index (χ1v) is 23.9. The predicted octanol–water partition coefficient (Wildman–Crippen LogP) is 18.0. The first-order valence-electron chi connectivity index (χ1n) is 23.9. The molecule has 1 heteroatoms. The molecule has 3 aliphatic carbocycles. The molecule has 0 aromatic heterocycles. The van der Waals surface area contributed by atoms with E-state index in [0.29, 0.717) is 5.92 Å². The predicted molar refractivity (Wildman–Crippen MR) is 276 cm³/mol. The van der Waals surface area contributed by atoms with Gasteiger partial charge in [-0.2, -0.15) is 0 Å². The molecule has 1 nitrogen and oxygen atoms in total. The zero-order valence-electron chi connectivity index (χ0n) is 38.0. The fourth-order valence-electron chi connectivity index (χ4n) is 11.9. The van der Waals surface area contributed by atoms with Crippen LogP contribution in [0, 0.1) is 0 Å². The van der Waals surface area contributed by atoms with Crippen LogP contribution in [0.4, 0.5) is 17.1 Å². The minimum Gasteiger partial charge on any atom is -0.309 e. The molecule has 0 unspecified atom stereocenters. The molecule has 0 atom stereocenters. The highest BCUT2D eigenvalue weighted by Crippen LogP contribution is 2.54. The first kappa shape index (κ1) is 39.6. The molecule has 0 bridgehead atoms. The summed E-state index contributed by atoms with van der Waals surface area (Å²) in [5.74, 6) is 0.682. The van der Waals surface area contributed by atoms with Gasteiger partial charge < -0.3 is 4.90 Å². The van der Waals surface area contributed by atoms with Gasteiger partial charge in [-0.15, -0.1) is 0 Å². The molecule has 316 valence electrons. The number of anilines is 3. The van der Waals surface area contributed by atoms with Gasteiger partial charge >= 0.3 is 0 Å². The normalized spacial score (nSPS) is 15.6. The Balaban J connectivity index is 1.10. The van der Waals surface area contributed by atoms with Crippen LogP contribution in [0.5, 0.6) is 0 Å². The molecule has 9 aromatic rings. The summed E-state index contributed by atoms with van der Waals surface area (Å²) in [6.07, 6.45) is 6.68. The number of fused-ring (bicyclic) bond motifs is 7. The molecular formula is C64H55N. The van der Waals surface area contributed by atoms with Crippen molar-refractivity contribution in [3.05, 3.63) is 222 Å². The molecule has 0 spiro atoms. The van der Waals surface area contributed by atoms with E-state index in [1.165, 1.54) is 126 Å². The maximum Gasteiger partial charge on any atom is 0.0546 e. The van der Waals surface area contributed by atoms with Crippen molar-refractivity contribution in [2.45, 2.75) is 76.5 Å². The average Bonchev–Trinajstić information content (AvgIpc) is 3.73. The molecular weight excluding hydrogens is 783 g/mol. The van der Waals surface area contributed by atoms with Crippen molar-refractivity contribution in [2.24, 2.45) is 0 Å².